The minimum absolute atomic E-state index is 0.0257. The number of nitrogens with one attached hydrogen (secondary N) is 2. The highest BCUT2D eigenvalue weighted by Crippen LogP contribution is 2.23. The van der Waals surface area contributed by atoms with E-state index in [2.05, 4.69) is 10.0 Å². The van der Waals surface area contributed by atoms with Gasteiger partial charge in [0.15, 0.2) is 0 Å². The Morgan fingerprint density at radius 1 is 0.800 bits per heavy atom. The number of carbonyl (C=O) groups is 2. The van der Waals surface area contributed by atoms with E-state index in [0.29, 0.717) is 25.1 Å². The summed E-state index contributed by atoms with van der Waals surface area (Å²) in [6.45, 7) is 0.587. The molecule has 9 heteroatoms. The summed E-state index contributed by atoms with van der Waals surface area (Å²) in [6, 6.07) is 32.8. The van der Waals surface area contributed by atoms with E-state index >= 15 is 0 Å². The summed E-state index contributed by atoms with van der Waals surface area (Å²) >= 11 is 0. The summed E-state index contributed by atoms with van der Waals surface area (Å²) in [5.74, 6) is 0.298. The van der Waals surface area contributed by atoms with Gasteiger partial charge in [-0.2, -0.15) is 0 Å². The maximum Gasteiger partial charge on any atom is 0.243 e. The van der Waals surface area contributed by atoms with Gasteiger partial charge >= 0.3 is 0 Å². The molecule has 1 atom stereocenters. The number of sulfonamides is 1. The molecule has 0 heterocycles. The van der Waals surface area contributed by atoms with Crippen molar-refractivity contribution in [3.63, 3.8) is 0 Å². The van der Waals surface area contributed by atoms with Crippen molar-refractivity contribution < 1.29 is 22.7 Å². The molecule has 0 bridgehead atoms. The standard InChI is InChI=1S/C36H39N3O5S/c1-44-32-19-12-30(13-20-32)26-39(35(40)23-16-27-14-21-33(22-15-27)45(42,43)38-31-17-18-31)34(24-28-8-4-2-5-9-28)36(41)37-25-29-10-6-3-7-11-29/h2-15,19-22,31,34,38H,16-18,23-26H2,1H3,(H,37,41)/t34-/m1/s1. The predicted molar refractivity (Wildman–Crippen MR) is 174 cm³/mol. The van der Waals surface area contributed by atoms with Gasteiger partial charge in [0, 0.05) is 32.0 Å². The van der Waals surface area contributed by atoms with Crippen LogP contribution < -0.4 is 14.8 Å². The maximum absolute atomic E-state index is 14.0. The van der Waals surface area contributed by atoms with Gasteiger partial charge in [-0.05, 0) is 65.8 Å². The van der Waals surface area contributed by atoms with Gasteiger partial charge in [-0.25, -0.2) is 13.1 Å². The van der Waals surface area contributed by atoms with Crippen LogP contribution in [0.1, 0.15) is 41.5 Å². The van der Waals surface area contributed by atoms with Crippen LogP contribution in [-0.4, -0.2) is 44.3 Å². The number of amides is 2. The molecule has 5 rings (SSSR count). The molecule has 0 saturated heterocycles. The average molecular weight is 626 g/mol. The number of carbonyl (C=O) groups excluding carboxylic acids is 2. The fourth-order valence-corrected chi connectivity index (χ4v) is 6.41. The molecule has 0 radical (unpaired) electrons. The molecule has 4 aromatic carbocycles. The number of methoxy groups -OCH3 is 1. The lowest BCUT2D eigenvalue weighted by Gasteiger charge is -2.32. The molecule has 0 aromatic heterocycles. The van der Waals surface area contributed by atoms with Crippen molar-refractivity contribution in [3.05, 3.63) is 131 Å². The Hall–Kier alpha value is -4.47. The molecule has 0 aliphatic heterocycles. The molecule has 1 fully saturated rings. The SMILES string of the molecule is COc1ccc(CN(C(=O)CCc2ccc(S(=O)(=O)NC3CC3)cc2)[C@H](Cc2ccccc2)C(=O)NCc2ccccc2)cc1. The van der Waals surface area contributed by atoms with Crippen molar-refractivity contribution in [3.8, 4) is 5.75 Å². The van der Waals surface area contributed by atoms with Gasteiger partial charge in [-0.3, -0.25) is 9.59 Å². The Bertz CT molecular complexity index is 1660. The zero-order valence-electron chi connectivity index (χ0n) is 25.4. The second-order valence-corrected chi connectivity index (χ2v) is 13.0. The Labute approximate surface area is 265 Å². The topological polar surface area (TPSA) is 105 Å². The van der Waals surface area contributed by atoms with Crippen LogP contribution in [0.5, 0.6) is 5.75 Å². The number of benzene rings is 4. The highest BCUT2D eigenvalue weighted by molar-refractivity contribution is 7.89. The Morgan fingerprint density at radius 2 is 1.40 bits per heavy atom. The quantitative estimate of drug-likeness (QED) is 0.193. The molecule has 4 aromatic rings. The van der Waals surface area contributed by atoms with Crippen molar-refractivity contribution >= 4 is 21.8 Å². The van der Waals surface area contributed by atoms with Crippen LogP contribution >= 0.6 is 0 Å². The van der Waals surface area contributed by atoms with E-state index in [1.165, 1.54) is 0 Å². The molecule has 0 spiro atoms. The lowest BCUT2D eigenvalue weighted by molar-refractivity contribution is -0.141. The maximum atomic E-state index is 14.0. The highest BCUT2D eigenvalue weighted by atomic mass is 32.2. The summed E-state index contributed by atoms with van der Waals surface area (Å²) in [4.78, 5) is 29.8. The van der Waals surface area contributed by atoms with Crippen molar-refractivity contribution in [2.45, 2.75) is 62.2 Å². The fourth-order valence-electron chi connectivity index (χ4n) is 5.10. The first kappa shape index (κ1) is 31.9. The number of nitrogens with zero attached hydrogens (tertiary/aromatic N) is 1. The molecule has 1 aliphatic carbocycles. The van der Waals surface area contributed by atoms with Gasteiger partial charge < -0.3 is 15.0 Å². The lowest BCUT2D eigenvalue weighted by atomic mass is 10.0. The largest absolute Gasteiger partial charge is 0.497 e. The van der Waals surface area contributed by atoms with E-state index in [4.69, 9.17) is 4.74 Å². The van der Waals surface area contributed by atoms with Crippen LogP contribution in [0.15, 0.2) is 114 Å². The predicted octanol–water partition coefficient (Wildman–Crippen LogP) is 5.03. The second-order valence-electron chi connectivity index (χ2n) is 11.3. The fraction of sp³-hybridized carbons (Fsp3) is 0.278. The summed E-state index contributed by atoms with van der Waals surface area (Å²) in [5, 5.41) is 3.05. The Morgan fingerprint density at radius 3 is 2.00 bits per heavy atom. The first-order chi connectivity index (χ1) is 21.8. The summed E-state index contributed by atoms with van der Waals surface area (Å²) in [5.41, 5.74) is 3.62. The zero-order chi connectivity index (χ0) is 31.6. The zero-order valence-corrected chi connectivity index (χ0v) is 26.2. The van der Waals surface area contributed by atoms with Crippen molar-refractivity contribution in [2.24, 2.45) is 0 Å². The van der Waals surface area contributed by atoms with Gasteiger partial charge in [0.25, 0.3) is 0 Å². The van der Waals surface area contributed by atoms with Crippen LogP contribution in [0.2, 0.25) is 0 Å². The number of rotatable bonds is 15. The molecule has 1 saturated carbocycles. The van der Waals surface area contributed by atoms with Gasteiger partial charge in [0.1, 0.15) is 11.8 Å². The van der Waals surface area contributed by atoms with Crippen LogP contribution in [0.4, 0.5) is 0 Å². The van der Waals surface area contributed by atoms with Gasteiger partial charge in [0.05, 0.1) is 12.0 Å². The van der Waals surface area contributed by atoms with Crippen molar-refractivity contribution in [1.29, 1.82) is 0 Å². The Kier molecular flexibility index (Phi) is 10.7. The summed E-state index contributed by atoms with van der Waals surface area (Å²) < 4.78 is 33.2. The van der Waals surface area contributed by atoms with Crippen molar-refractivity contribution in [1.82, 2.24) is 14.9 Å². The van der Waals surface area contributed by atoms with E-state index in [1.807, 2.05) is 84.9 Å². The smallest absolute Gasteiger partial charge is 0.243 e. The van der Waals surface area contributed by atoms with E-state index in [0.717, 1.165) is 35.1 Å². The number of ether oxygens (including phenoxy) is 1. The molecular formula is C36H39N3O5S. The summed E-state index contributed by atoms with van der Waals surface area (Å²) in [7, 11) is -1.95. The number of hydrogen-bond acceptors (Lipinski definition) is 5. The molecule has 1 aliphatic rings. The van der Waals surface area contributed by atoms with E-state index in [-0.39, 0.29) is 35.7 Å². The molecule has 45 heavy (non-hydrogen) atoms. The molecule has 2 N–H and O–H groups in total. The minimum atomic E-state index is -3.55. The third kappa shape index (κ3) is 9.26. The van der Waals surface area contributed by atoms with Crippen LogP contribution in [0.3, 0.4) is 0 Å². The lowest BCUT2D eigenvalue weighted by Crippen LogP contribution is -2.50. The van der Waals surface area contributed by atoms with Crippen LogP contribution in [-0.2, 0) is 45.5 Å². The first-order valence-corrected chi connectivity index (χ1v) is 16.7. The minimum Gasteiger partial charge on any atom is -0.497 e. The molecule has 8 nitrogen and oxygen atoms in total. The summed E-state index contributed by atoms with van der Waals surface area (Å²) in [6.07, 6.45) is 2.63. The van der Waals surface area contributed by atoms with E-state index < -0.39 is 16.1 Å². The molecule has 2 amide bonds. The Balaban J connectivity index is 1.36. The normalized spacial score (nSPS) is 13.5. The third-order valence-corrected chi connectivity index (χ3v) is 9.39. The third-order valence-electron chi connectivity index (χ3n) is 7.85. The first-order valence-electron chi connectivity index (χ1n) is 15.2. The monoisotopic (exact) mass is 625 g/mol. The highest BCUT2D eigenvalue weighted by Gasteiger charge is 2.31. The number of hydrogen-bond donors (Lipinski definition) is 2. The molecular weight excluding hydrogens is 586 g/mol. The van der Waals surface area contributed by atoms with Gasteiger partial charge in [0.2, 0.25) is 21.8 Å². The molecule has 234 valence electrons. The van der Waals surface area contributed by atoms with Crippen LogP contribution in [0, 0.1) is 0 Å². The van der Waals surface area contributed by atoms with Crippen LogP contribution in [0.25, 0.3) is 0 Å². The average Bonchev–Trinajstić information content (AvgIpc) is 3.89. The molecule has 0 unspecified atom stereocenters. The number of aryl methyl sites for hydroxylation is 1. The second kappa shape index (κ2) is 15.0. The van der Waals surface area contributed by atoms with E-state index in [1.54, 1.807) is 36.3 Å². The van der Waals surface area contributed by atoms with Crippen molar-refractivity contribution in [2.75, 3.05) is 7.11 Å². The van der Waals surface area contributed by atoms with E-state index in [9.17, 15) is 18.0 Å². The van der Waals surface area contributed by atoms with Gasteiger partial charge in [-0.1, -0.05) is 84.9 Å². The van der Waals surface area contributed by atoms with Gasteiger partial charge in [-0.15, -0.1) is 0 Å².